The molecule has 1 atom stereocenters. The van der Waals surface area contributed by atoms with E-state index in [4.69, 9.17) is 0 Å². The van der Waals surface area contributed by atoms with Gasteiger partial charge in [0, 0.05) is 6.20 Å². The monoisotopic (exact) mass is 267 g/mol. The van der Waals surface area contributed by atoms with Crippen molar-refractivity contribution >= 4 is 11.8 Å². The number of pyridine rings is 1. The molecule has 2 nitrogen and oxygen atoms in total. The van der Waals surface area contributed by atoms with Crippen molar-refractivity contribution in [2.45, 2.75) is 22.9 Å². The van der Waals surface area contributed by atoms with E-state index in [1.165, 1.54) is 6.20 Å². The van der Waals surface area contributed by atoms with Crippen molar-refractivity contribution in [3.8, 4) is 0 Å². The first kappa shape index (κ1) is 13.0. The van der Waals surface area contributed by atoms with Crippen molar-refractivity contribution in [2.24, 2.45) is 0 Å². The number of hydrogen-bond donors (Lipinski definition) is 1. The normalized spacial score (nSPS) is 12.4. The number of nitrogens with zero attached hydrogens (tertiary/aromatic N) is 1. The van der Waals surface area contributed by atoms with E-state index in [9.17, 15) is 13.9 Å². The van der Waals surface area contributed by atoms with Crippen LogP contribution in [0.2, 0.25) is 0 Å². The van der Waals surface area contributed by atoms with Gasteiger partial charge in [-0.25, -0.2) is 13.8 Å². The first-order chi connectivity index (χ1) is 8.56. The SMILES string of the molecule is C[C@H](O)c1ccnc(Sc2cc(F)ccc2F)c1. The van der Waals surface area contributed by atoms with Crippen LogP contribution < -0.4 is 0 Å². The van der Waals surface area contributed by atoms with Crippen LogP contribution in [0.4, 0.5) is 8.78 Å². The molecular formula is C13H11F2NOS. The Morgan fingerprint density at radius 3 is 2.72 bits per heavy atom. The van der Waals surface area contributed by atoms with Crippen molar-refractivity contribution in [3.05, 3.63) is 53.7 Å². The van der Waals surface area contributed by atoms with Crippen LogP contribution in [-0.2, 0) is 0 Å². The quantitative estimate of drug-likeness (QED) is 0.923. The van der Waals surface area contributed by atoms with Crippen molar-refractivity contribution in [1.29, 1.82) is 0 Å². The fraction of sp³-hybridized carbons (Fsp3) is 0.154. The van der Waals surface area contributed by atoms with Crippen molar-refractivity contribution in [3.63, 3.8) is 0 Å². The van der Waals surface area contributed by atoms with E-state index in [2.05, 4.69) is 4.98 Å². The highest BCUT2D eigenvalue weighted by atomic mass is 32.2. The number of aromatic nitrogens is 1. The Labute approximate surface area is 108 Å². The van der Waals surface area contributed by atoms with Crippen LogP contribution >= 0.6 is 11.8 Å². The van der Waals surface area contributed by atoms with Gasteiger partial charge in [-0.05, 0) is 42.8 Å². The fourth-order valence-corrected chi connectivity index (χ4v) is 2.28. The highest BCUT2D eigenvalue weighted by molar-refractivity contribution is 7.99. The summed E-state index contributed by atoms with van der Waals surface area (Å²) < 4.78 is 26.5. The predicted molar refractivity (Wildman–Crippen MR) is 65.4 cm³/mol. The predicted octanol–water partition coefficient (Wildman–Crippen LogP) is 3.56. The maximum absolute atomic E-state index is 13.4. The largest absolute Gasteiger partial charge is 0.389 e. The minimum atomic E-state index is -0.621. The molecule has 0 saturated heterocycles. The minimum absolute atomic E-state index is 0.172. The summed E-state index contributed by atoms with van der Waals surface area (Å²) in [5.41, 5.74) is 0.685. The Morgan fingerprint density at radius 2 is 2.00 bits per heavy atom. The standard InChI is InChI=1S/C13H11F2NOS/c1-8(17)9-4-5-16-13(6-9)18-12-7-10(14)2-3-11(12)15/h2-8,17H,1H3/t8-/m0/s1. The lowest BCUT2D eigenvalue weighted by molar-refractivity contribution is 0.199. The van der Waals surface area contributed by atoms with Crippen LogP contribution in [0.25, 0.3) is 0 Å². The molecule has 0 aliphatic heterocycles. The van der Waals surface area contributed by atoms with Gasteiger partial charge in [0.15, 0.2) is 0 Å². The molecule has 1 N–H and O–H groups in total. The second-order valence-corrected chi connectivity index (χ2v) is 4.84. The van der Waals surface area contributed by atoms with Gasteiger partial charge < -0.3 is 5.11 Å². The molecule has 0 bridgehead atoms. The molecule has 2 rings (SSSR count). The van der Waals surface area contributed by atoms with E-state index in [-0.39, 0.29) is 4.90 Å². The van der Waals surface area contributed by atoms with E-state index < -0.39 is 17.7 Å². The summed E-state index contributed by atoms with van der Waals surface area (Å²) >= 11 is 1.02. The lowest BCUT2D eigenvalue weighted by Crippen LogP contribution is -1.92. The summed E-state index contributed by atoms with van der Waals surface area (Å²) in [6, 6.07) is 6.60. The molecule has 1 heterocycles. The summed E-state index contributed by atoms with van der Waals surface area (Å²) in [5, 5.41) is 9.95. The lowest BCUT2D eigenvalue weighted by atomic mass is 10.2. The van der Waals surface area contributed by atoms with Crippen molar-refractivity contribution in [2.75, 3.05) is 0 Å². The van der Waals surface area contributed by atoms with E-state index in [0.717, 1.165) is 30.0 Å². The van der Waals surface area contributed by atoms with Crippen LogP contribution in [0, 0.1) is 11.6 Å². The highest BCUT2D eigenvalue weighted by Gasteiger charge is 2.08. The zero-order valence-corrected chi connectivity index (χ0v) is 10.4. The summed E-state index contributed by atoms with van der Waals surface area (Å²) in [6.07, 6.45) is 0.909. The molecular weight excluding hydrogens is 256 g/mol. The Morgan fingerprint density at radius 1 is 1.22 bits per heavy atom. The van der Waals surface area contributed by atoms with E-state index in [1.54, 1.807) is 19.1 Å². The molecule has 5 heteroatoms. The molecule has 2 aromatic rings. The zero-order chi connectivity index (χ0) is 13.1. The second kappa shape index (κ2) is 5.46. The number of hydrogen-bond acceptors (Lipinski definition) is 3. The Balaban J connectivity index is 2.28. The molecule has 0 spiro atoms. The number of benzene rings is 1. The number of aliphatic hydroxyl groups is 1. The Kier molecular flexibility index (Phi) is 3.93. The molecule has 0 saturated carbocycles. The van der Waals surface area contributed by atoms with Crippen LogP contribution in [0.1, 0.15) is 18.6 Å². The van der Waals surface area contributed by atoms with Gasteiger partial charge in [0.25, 0.3) is 0 Å². The fourth-order valence-electron chi connectivity index (χ4n) is 1.41. The van der Waals surface area contributed by atoms with Gasteiger partial charge in [-0.2, -0.15) is 0 Å². The van der Waals surface area contributed by atoms with Crippen LogP contribution in [-0.4, -0.2) is 10.1 Å². The number of aliphatic hydroxyl groups excluding tert-OH is 1. The summed E-state index contributed by atoms with van der Waals surface area (Å²) in [6.45, 7) is 1.63. The number of halogens is 2. The second-order valence-electron chi connectivity index (χ2n) is 3.78. The molecule has 0 fully saturated rings. The summed E-state index contributed by atoms with van der Waals surface area (Å²) in [4.78, 5) is 4.22. The number of rotatable bonds is 3. The molecule has 0 amide bonds. The van der Waals surface area contributed by atoms with Crippen LogP contribution in [0.5, 0.6) is 0 Å². The van der Waals surface area contributed by atoms with Gasteiger partial charge in [0.2, 0.25) is 0 Å². The molecule has 0 aliphatic carbocycles. The lowest BCUT2D eigenvalue weighted by Gasteiger charge is -2.07. The molecule has 1 aromatic heterocycles. The molecule has 0 radical (unpaired) electrons. The van der Waals surface area contributed by atoms with Gasteiger partial charge >= 0.3 is 0 Å². The maximum Gasteiger partial charge on any atom is 0.137 e. The van der Waals surface area contributed by atoms with E-state index >= 15 is 0 Å². The molecule has 1 aromatic carbocycles. The van der Waals surface area contributed by atoms with Gasteiger partial charge in [-0.15, -0.1) is 0 Å². The third kappa shape index (κ3) is 3.05. The minimum Gasteiger partial charge on any atom is -0.389 e. The van der Waals surface area contributed by atoms with Gasteiger partial charge in [0.05, 0.1) is 11.0 Å². The third-order valence-electron chi connectivity index (χ3n) is 2.35. The Bertz CT molecular complexity index is 560. The van der Waals surface area contributed by atoms with E-state index in [0.29, 0.717) is 10.6 Å². The summed E-state index contributed by atoms with van der Waals surface area (Å²) in [5.74, 6) is -0.990. The third-order valence-corrected chi connectivity index (χ3v) is 3.31. The van der Waals surface area contributed by atoms with Gasteiger partial charge in [-0.1, -0.05) is 11.8 Å². The zero-order valence-electron chi connectivity index (χ0n) is 9.60. The molecule has 94 valence electrons. The van der Waals surface area contributed by atoms with Crippen LogP contribution in [0.3, 0.4) is 0 Å². The Hall–Kier alpha value is -1.46. The molecule has 0 unspecified atom stereocenters. The average molecular weight is 267 g/mol. The van der Waals surface area contributed by atoms with Gasteiger partial charge in [0.1, 0.15) is 16.7 Å². The topological polar surface area (TPSA) is 33.1 Å². The van der Waals surface area contributed by atoms with Crippen molar-refractivity contribution in [1.82, 2.24) is 4.98 Å². The maximum atomic E-state index is 13.4. The van der Waals surface area contributed by atoms with Crippen LogP contribution in [0.15, 0.2) is 46.5 Å². The first-order valence-corrected chi connectivity index (χ1v) is 6.15. The molecule has 18 heavy (non-hydrogen) atoms. The van der Waals surface area contributed by atoms with Crippen molar-refractivity contribution < 1.29 is 13.9 Å². The molecule has 0 aliphatic rings. The highest BCUT2D eigenvalue weighted by Crippen LogP contribution is 2.30. The summed E-state index contributed by atoms with van der Waals surface area (Å²) in [7, 11) is 0. The smallest absolute Gasteiger partial charge is 0.137 e. The van der Waals surface area contributed by atoms with E-state index in [1.807, 2.05) is 0 Å². The van der Waals surface area contributed by atoms with Gasteiger partial charge in [-0.3, -0.25) is 0 Å². The average Bonchev–Trinajstić information content (AvgIpc) is 2.34. The first-order valence-electron chi connectivity index (χ1n) is 5.33.